The molecule has 1 aromatic rings. The van der Waals surface area contributed by atoms with Crippen LogP contribution in [-0.2, 0) is 16.8 Å². The number of rotatable bonds is 3. The number of hydrogen-bond acceptors (Lipinski definition) is 4. The summed E-state index contributed by atoms with van der Waals surface area (Å²) < 4.78 is 1.60. The lowest BCUT2D eigenvalue weighted by molar-refractivity contribution is -0.124. The first kappa shape index (κ1) is 15.8. The highest BCUT2D eigenvalue weighted by Crippen LogP contribution is 2.27. The maximum absolute atomic E-state index is 12.3. The minimum Gasteiger partial charge on any atom is -0.352 e. The molecule has 1 unspecified atom stereocenters. The molecule has 2 rings (SSSR count). The van der Waals surface area contributed by atoms with Gasteiger partial charge in [-0.2, -0.15) is 0 Å². The van der Waals surface area contributed by atoms with Gasteiger partial charge < -0.3 is 5.32 Å². The van der Waals surface area contributed by atoms with Gasteiger partial charge in [-0.25, -0.2) is 4.98 Å². The average molecular weight is 307 g/mol. The zero-order valence-corrected chi connectivity index (χ0v) is 13.5. The molecule has 21 heavy (non-hydrogen) atoms. The molecule has 0 saturated heterocycles. The van der Waals surface area contributed by atoms with Crippen molar-refractivity contribution in [2.45, 2.75) is 37.9 Å². The quantitative estimate of drug-likeness (QED) is 0.680. The van der Waals surface area contributed by atoms with Crippen LogP contribution in [0.3, 0.4) is 0 Å². The second kappa shape index (κ2) is 6.05. The van der Waals surface area contributed by atoms with Crippen LogP contribution >= 0.6 is 11.8 Å². The molecule has 6 heteroatoms. The molecule has 1 atom stereocenters. The van der Waals surface area contributed by atoms with Crippen molar-refractivity contribution in [2.75, 3.05) is 12.3 Å². The van der Waals surface area contributed by atoms with Gasteiger partial charge in [-0.05, 0) is 0 Å². The summed E-state index contributed by atoms with van der Waals surface area (Å²) in [5.74, 6) is 0.394. The third kappa shape index (κ3) is 3.56. The lowest BCUT2D eigenvalue weighted by Crippen LogP contribution is -2.40. The van der Waals surface area contributed by atoms with Crippen molar-refractivity contribution >= 4 is 17.7 Å². The van der Waals surface area contributed by atoms with E-state index in [9.17, 15) is 9.59 Å². The van der Waals surface area contributed by atoms with Crippen molar-refractivity contribution in [3.8, 4) is 0 Å². The zero-order valence-electron chi connectivity index (χ0n) is 12.7. The Hall–Kier alpha value is -1.56. The van der Waals surface area contributed by atoms with Crippen LogP contribution < -0.4 is 10.9 Å². The Balaban J connectivity index is 2.24. The van der Waals surface area contributed by atoms with Crippen molar-refractivity contribution in [1.29, 1.82) is 0 Å². The van der Waals surface area contributed by atoms with Crippen LogP contribution in [0.15, 0.2) is 28.7 Å². The van der Waals surface area contributed by atoms with E-state index in [0.29, 0.717) is 24.0 Å². The Labute approximate surface area is 128 Å². The molecular formula is C15H21N3O2S. The first-order chi connectivity index (χ1) is 9.82. The molecule has 1 amide bonds. The summed E-state index contributed by atoms with van der Waals surface area (Å²) in [6.07, 6.45) is 1.64. The summed E-state index contributed by atoms with van der Waals surface area (Å²) >= 11 is 1.47. The molecule has 1 aromatic heterocycles. The number of carbonyl (C=O) groups excluding carboxylic acids is 1. The molecule has 1 N–H and O–H groups in total. The molecule has 1 aliphatic heterocycles. The third-order valence-electron chi connectivity index (χ3n) is 3.35. The predicted molar refractivity (Wildman–Crippen MR) is 84.6 cm³/mol. The topological polar surface area (TPSA) is 64.0 Å². The minimum absolute atomic E-state index is 0.0418. The first-order valence-corrected chi connectivity index (χ1v) is 7.95. The highest BCUT2D eigenvalue weighted by atomic mass is 32.2. The summed E-state index contributed by atoms with van der Waals surface area (Å²) in [5, 5.41) is 3.49. The Kier molecular flexibility index (Phi) is 4.56. The molecule has 5 nitrogen and oxygen atoms in total. The molecule has 1 aliphatic rings. The molecule has 114 valence electrons. The smallest absolute Gasteiger partial charge is 0.254 e. The van der Waals surface area contributed by atoms with Crippen LogP contribution in [-0.4, -0.2) is 27.8 Å². The normalized spacial score (nSPS) is 18.0. The van der Waals surface area contributed by atoms with E-state index in [0.717, 1.165) is 5.69 Å². The summed E-state index contributed by atoms with van der Waals surface area (Å²) in [6.45, 7) is 10.5. The van der Waals surface area contributed by atoms with Crippen molar-refractivity contribution in [3.05, 3.63) is 34.8 Å². The Morgan fingerprint density at radius 2 is 2.33 bits per heavy atom. The van der Waals surface area contributed by atoms with Crippen molar-refractivity contribution in [3.63, 3.8) is 0 Å². The number of aromatic nitrogens is 2. The van der Waals surface area contributed by atoms with E-state index in [-0.39, 0.29) is 22.8 Å². The molecule has 0 saturated carbocycles. The lowest BCUT2D eigenvalue weighted by atomic mass is 9.92. The van der Waals surface area contributed by atoms with Gasteiger partial charge in [0.15, 0.2) is 5.16 Å². The monoisotopic (exact) mass is 307 g/mol. The summed E-state index contributed by atoms with van der Waals surface area (Å²) in [5.41, 5.74) is 0.549. The van der Waals surface area contributed by atoms with Crippen LogP contribution in [0.4, 0.5) is 0 Å². The molecular weight excluding hydrogens is 286 g/mol. The molecule has 0 radical (unpaired) electrons. The number of fused-ring (bicyclic) bond motifs is 1. The van der Waals surface area contributed by atoms with E-state index in [4.69, 9.17) is 0 Å². The van der Waals surface area contributed by atoms with Gasteiger partial charge in [0, 0.05) is 30.3 Å². The van der Waals surface area contributed by atoms with Gasteiger partial charge in [-0.1, -0.05) is 38.6 Å². The lowest BCUT2D eigenvalue weighted by Gasteiger charge is -2.26. The zero-order chi connectivity index (χ0) is 15.6. The average Bonchev–Trinajstić information content (AvgIpc) is 2.43. The van der Waals surface area contributed by atoms with E-state index in [2.05, 4.69) is 16.9 Å². The number of amides is 1. The standard InChI is InChI=1S/C15H21N3O2S/c1-5-6-16-13(20)10-8-18-12(19)7-11(15(2,3)4)17-14(18)21-9-10/h5,7,10H,1,6,8-9H2,2-4H3,(H,16,20). The van der Waals surface area contributed by atoms with E-state index in [1.54, 1.807) is 16.7 Å². The highest BCUT2D eigenvalue weighted by Gasteiger charge is 2.28. The van der Waals surface area contributed by atoms with Gasteiger partial charge in [0.05, 0.1) is 11.6 Å². The fourth-order valence-electron chi connectivity index (χ4n) is 2.07. The first-order valence-electron chi connectivity index (χ1n) is 6.96. The van der Waals surface area contributed by atoms with Crippen LogP contribution in [0.2, 0.25) is 0 Å². The van der Waals surface area contributed by atoms with Crippen molar-refractivity contribution in [1.82, 2.24) is 14.9 Å². The van der Waals surface area contributed by atoms with Crippen LogP contribution in [0.25, 0.3) is 0 Å². The van der Waals surface area contributed by atoms with Gasteiger partial charge in [0.2, 0.25) is 5.91 Å². The third-order valence-corrected chi connectivity index (χ3v) is 4.49. The fourth-order valence-corrected chi connectivity index (χ4v) is 3.16. The summed E-state index contributed by atoms with van der Waals surface area (Å²) in [4.78, 5) is 28.9. The van der Waals surface area contributed by atoms with Gasteiger partial charge in [-0.15, -0.1) is 6.58 Å². The number of nitrogens with one attached hydrogen (secondary N) is 1. The fraction of sp³-hybridized carbons (Fsp3) is 0.533. The number of hydrogen-bond donors (Lipinski definition) is 1. The van der Waals surface area contributed by atoms with Gasteiger partial charge >= 0.3 is 0 Å². The minimum atomic E-state index is -0.206. The van der Waals surface area contributed by atoms with Crippen LogP contribution in [0.1, 0.15) is 26.5 Å². The molecule has 0 aromatic carbocycles. The SMILES string of the molecule is C=CCNC(=O)C1CSc2nc(C(C)(C)C)cc(=O)n2C1. The van der Waals surface area contributed by atoms with E-state index < -0.39 is 0 Å². The Morgan fingerprint density at radius 1 is 1.62 bits per heavy atom. The van der Waals surface area contributed by atoms with Gasteiger partial charge in [0.1, 0.15) is 0 Å². The van der Waals surface area contributed by atoms with Crippen molar-refractivity contribution < 1.29 is 4.79 Å². The second-order valence-corrected chi connectivity index (χ2v) is 7.15. The van der Waals surface area contributed by atoms with E-state index in [1.165, 1.54) is 11.8 Å². The predicted octanol–water partition coefficient (Wildman–Crippen LogP) is 1.56. The van der Waals surface area contributed by atoms with Gasteiger partial charge in [-0.3, -0.25) is 14.2 Å². The molecule has 2 heterocycles. The Bertz CT molecular complexity index is 616. The van der Waals surface area contributed by atoms with E-state index in [1.807, 2.05) is 20.8 Å². The number of thioether (sulfide) groups is 1. The summed E-state index contributed by atoms with van der Waals surface area (Å²) in [7, 11) is 0. The highest BCUT2D eigenvalue weighted by molar-refractivity contribution is 7.99. The summed E-state index contributed by atoms with van der Waals surface area (Å²) in [6, 6.07) is 1.58. The number of nitrogens with zero attached hydrogens (tertiary/aromatic N) is 2. The molecule has 0 aliphatic carbocycles. The Morgan fingerprint density at radius 3 is 2.95 bits per heavy atom. The molecule has 0 spiro atoms. The number of carbonyl (C=O) groups is 1. The van der Waals surface area contributed by atoms with Crippen LogP contribution in [0, 0.1) is 5.92 Å². The molecule has 0 bridgehead atoms. The maximum Gasteiger partial charge on any atom is 0.254 e. The van der Waals surface area contributed by atoms with Crippen LogP contribution in [0.5, 0.6) is 0 Å². The van der Waals surface area contributed by atoms with E-state index >= 15 is 0 Å². The maximum atomic E-state index is 12.3. The van der Waals surface area contributed by atoms with Gasteiger partial charge in [0.25, 0.3) is 5.56 Å². The largest absolute Gasteiger partial charge is 0.352 e. The second-order valence-electron chi connectivity index (χ2n) is 6.16. The van der Waals surface area contributed by atoms with Crippen molar-refractivity contribution in [2.24, 2.45) is 5.92 Å². The molecule has 0 fully saturated rings.